The first-order valence-corrected chi connectivity index (χ1v) is 15.2. The Morgan fingerprint density at radius 1 is 0.600 bits per heavy atom. The number of carboxylic acid groups (broad SMARTS) is 1. The first-order chi connectivity index (χ1) is 17.1. The van der Waals surface area contributed by atoms with E-state index in [1.807, 2.05) is 0 Å². The molecule has 0 heterocycles. The van der Waals surface area contributed by atoms with Crippen LogP contribution < -0.4 is 0 Å². The monoisotopic (exact) mass is 494 g/mol. The lowest BCUT2D eigenvalue weighted by molar-refractivity contribution is -0.150. The number of rotatable bonds is 27. The van der Waals surface area contributed by atoms with Crippen LogP contribution in [0.5, 0.6) is 0 Å². The van der Waals surface area contributed by atoms with Crippen LogP contribution in [0, 0.1) is 0 Å². The number of allylic oxidation sites excluding steroid dienone is 2. The van der Waals surface area contributed by atoms with Crippen molar-refractivity contribution in [1.29, 1.82) is 0 Å². The number of carbonyl (C=O) groups is 2. The summed E-state index contributed by atoms with van der Waals surface area (Å²) in [5.74, 6) is -0.738. The van der Waals surface area contributed by atoms with Crippen molar-refractivity contribution in [3.8, 4) is 0 Å². The Balaban J connectivity index is 4.02. The van der Waals surface area contributed by atoms with Gasteiger partial charge in [-0.1, -0.05) is 109 Å². The van der Waals surface area contributed by atoms with Gasteiger partial charge in [-0.25, -0.2) is 0 Å². The van der Waals surface area contributed by atoms with Crippen molar-refractivity contribution in [1.82, 2.24) is 0 Å². The third kappa shape index (κ3) is 27.1. The summed E-state index contributed by atoms with van der Waals surface area (Å²) in [6.45, 7) is 4.47. The maximum absolute atomic E-state index is 12.4. The third-order valence-electron chi connectivity index (χ3n) is 6.74. The summed E-state index contributed by atoms with van der Waals surface area (Å²) in [5, 5.41) is 8.76. The lowest BCUT2D eigenvalue weighted by Crippen LogP contribution is -2.18. The molecule has 1 unspecified atom stereocenters. The fourth-order valence-electron chi connectivity index (χ4n) is 4.46. The normalized spacial score (nSPS) is 12.3. The minimum Gasteiger partial charge on any atom is -0.481 e. The van der Waals surface area contributed by atoms with Crippen LogP contribution in [0.4, 0.5) is 0 Å². The van der Waals surface area contributed by atoms with E-state index in [4.69, 9.17) is 9.84 Å². The maximum Gasteiger partial charge on any atom is 0.306 e. The van der Waals surface area contributed by atoms with Crippen LogP contribution >= 0.6 is 0 Å². The van der Waals surface area contributed by atoms with E-state index >= 15 is 0 Å². The summed E-state index contributed by atoms with van der Waals surface area (Å²) < 4.78 is 5.89. The molecule has 0 radical (unpaired) electrons. The zero-order valence-electron chi connectivity index (χ0n) is 23.4. The predicted molar refractivity (Wildman–Crippen MR) is 149 cm³/mol. The molecule has 0 aromatic heterocycles. The Bertz CT molecular complexity index is 500. The molecule has 0 aliphatic carbocycles. The van der Waals surface area contributed by atoms with Gasteiger partial charge in [0.25, 0.3) is 0 Å². The van der Waals surface area contributed by atoms with Gasteiger partial charge in [0.05, 0.1) is 0 Å². The SMILES string of the molecule is CCCC/C=C\CCCCCCCC(=O)OC(CCCCCCCCC)CCCCCCC(=O)O. The molecule has 0 saturated heterocycles. The molecule has 0 fully saturated rings. The van der Waals surface area contributed by atoms with E-state index in [0.29, 0.717) is 6.42 Å². The van der Waals surface area contributed by atoms with Gasteiger partial charge in [-0.2, -0.15) is 0 Å². The van der Waals surface area contributed by atoms with Crippen molar-refractivity contribution in [2.45, 2.75) is 174 Å². The zero-order chi connectivity index (χ0) is 25.8. The largest absolute Gasteiger partial charge is 0.481 e. The second-order valence-electron chi connectivity index (χ2n) is 10.3. The molecule has 1 N–H and O–H groups in total. The highest BCUT2D eigenvalue weighted by atomic mass is 16.5. The highest BCUT2D eigenvalue weighted by Gasteiger charge is 2.14. The van der Waals surface area contributed by atoms with Crippen LogP contribution in [-0.4, -0.2) is 23.1 Å². The molecule has 0 saturated carbocycles. The maximum atomic E-state index is 12.4. The Kier molecular flexibility index (Phi) is 26.2. The fraction of sp³-hybridized carbons (Fsp3) is 0.871. The molecule has 0 aliphatic rings. The Labute approximate surface area is 217 Å². The summed E-state index contributed by atoms with van der Waals surface area (Å²) in [6.07, 6.45) is 30.7. The molecule has 0 aromatic rings. The van der Waals surface area contributed by atoms with Gasteiger partial charge < -0.3 is 9.84 Å². The smallest absolute Gasteiger partial charge is 0.306 e. The highest BCUT2D eigenvalue weighted by molar-refractivity contribution is 5.69. The van der Waals surface area contributed by atoms with Crippen molar-refractivity contribution in [2.75, 3.05) is 0 Å². The number of hydrogen-bond donors (Lipinski definition) is 1. The van der Waals surface area contributed by atoms with Gasteiger partial charge in [-0.3, -0.25) is 9.59 Å². The molecule has 0 amide bonds. The van der Waals surface area contributed by atoms with Gasteiger partial charge >= 0.3 is 11.9 Å². The topological polar surface area (TPSA) is 63.6 Å². The van der Waals surface area contributed by atoms with Gasteiger partial charge in [0.1, 0.15) is 6.10 Å². The van der Waals surface area contributed by atoms with Gasteiger partial charge in [0, 0.05) is 12.8 Å². The number of unbranched alkanes of at least 4 members (excludes halogenated alkanes) is 16. The Hall–Kier alpha value is -1.32. The van der Waals surface area contributed by atoms with E-state index in [9.17, 15) is 9.59 Å². The van der Waals surface area contributed by atoms with E-state index in [-0.39, 0.29) is 18.5 Å². The van der Waals surface area contributed by atoms with Crippen molar-refractivity contribution in [3.63, 3.8) is 0 Å². The summed E-state index contributed by atoms with van der Waals surface area (Å²) in [7, 11) is 0. The molecule has 0 aliphatic heterocycles. The standard InChI is InChI=1S/C31H58O4/c1-3-5-7-9-11-12-13-14-16-18-24-28-31(34)35-29(25-21-17-15-10-8-6-4-2)26-22-19-20-23-27-30(32)33/h9,11,29H,3-8,10,12-28H2,1-2H3,(H,32,33)/b11-9-. The van der Waals surface area contributed by atoms with Gasteiger partial charge in [-0.05, 0) is 57.8 Å². The molecule has 0 rings (SSSR count). The molecule has 206 valence electrons. The highest BCUT2D eigenvalue weighted by Crippen LogP contribution is 2.18. The van der Waals surface area contributed by atoms with E-state index in [0.717, 1.165) is 57.8 Å². The molecule has 4 nitrogen and oxygen atoms in total. The van der Waals surface area contributed by atoms with Crippen LogP contribution in [0.15, 0.2) is 12.2 Å². The minimum absolute atomic E-state index is 0.0253. The summed E-state index contributed by atoms with van der Waals surface area (Å²) >= 11 is 0. The minimum atomic E-state index is -0.713. The zero-order valence-corrected chi connectivity index (χ0v) is 23.4. The van der Waals surface area contributed by atoms with Gasteiger partial charge in [0.15, 0.2) is 0 Å². The lowest BCUT2D eigenvalue weighted by atomic mass is 10.0. The van der Waals surface area contributed by atoms with Crippen molar-refractivity contribution >= 4 is 11.9 Å². The van der Waals surface area contributed by atoms with E-state index < -0.39 is 5.97 Å². The van der Waals surface area contributed by atoms with Crippen LogP contribution in [0.1, 0.15) is 168 Å². The van der Waals surface area contributed by atoms with E-state index in [2.05, 4.69) is 26.0 Å². The van der Waals surface area contributed by atoms with Crippen LogP contribution in [-0.2, 0) is 14.3 Å². The molecule has 1 atom stereocenters. The first-order valence-electron chi connectivity index (χ1n) is 15.2. The molecule has 4 heteroatoms. The average molecular weight is 495 g/mol. The summed E-state index contributed by atoms with van der Waals surface area (Å²) in [5.41, 5.74) is 0. The lowest BCUT2D eigenvalue weighted by Gasteiger charge is -2.18. The number of carboxylic acids is 1. The third-order valence-corrected chi connectivity index (χ3v) is 6.74. The summed E-state index contributed by atoms with van der Waals surface area (Å²) in [4.78, 5) is 23.1. The number of aliphatic carboxylic acids is 1. The predicted octanol–water partition coefficient (Wildman–Crippen LogP) is 9.94. The second-order valence-corrected chi connectivity index (χ2v) is 10.3. The molecule has 0 bridgehead atoms. The fourth-order valence-corrected chi connectivity index (χ4v) is 4.46. The summed E-state index contributed by atoms with van der Waals surface area (Å²) in [6, 6.07) is 0. The number of carbonyl (C=O) groups excluding carboxylic acids is 1. The molecular weight excluding hydrogens is 436 g/mol. The number of ether oxygens (including phenoxy) is 1. The van der Waals surface area contributed by atoms with E-state index in [1.54, 1.807) is 0 Å². The van der Waals surface area contributed by atoms with Crippen molar-refractivity contribution in [2.24, 2.45) is 0 Å². The molecule has 0 aromatic carbocycles. The van der Waals surface area contributed by atoms with Crippen LogP contribution in [0.2, 0.25) is 0 Å². The van der Waals surface area contributed by atoms with Crippen molar-refractivity contribution in [3.05, 3.63) is 12.2 Å². The van der Waals surface area contributed by atoms with Crippen LogP contribution in [0.25, 0.3) is 0 Å². The van der Waals surface area contributed by atoms with Crippen LogP contribution in [0.3, 0.4) is 0 Å². The first kappa shape index (κ1) is 33.7. The molecular formula is C31H58O4. The van der Waals surface area contributed by atoms with Crippen molar-refractivity contribution < 1.29 is 19.4 Å². The number of esters is 1. The van der Waals surface area contributed by atoms with E-state index in [1.165, 1.54) is 83.5 Å². The Morgan fingerprint density at radius 2 is 1.06 bits per heavy atom. The quantitative estimate of drug-likeness (QED) is 0.0701. The second kappa shape index (κ2) is 27.3. The average Bonchev–Trinajstić information content (AvgIpc) is 2.83. The Morgan fingerprint density at radius 3 is 1.63 bits per heavy atom. The number of hydrogen-bond acceptors (Lipinski definition) is 3. The van der Waals surface area contributed by atoms with Gasteiger partial charge in [0.2, 0.25) is 0 Å². The molecule has 35 heavy (non-hydrogen) atoms. The molecule has 0 spiro atoms. The van der Waals surface area contributed by atoms with Gasteiger partial charge in [-0.15, -0.1) is 0 Å².